The minimum Gasteiger partial charge on any atom is -0.452 e. The maximum Gasteiger partial charge on any atom is 0.420 e. The van der Waals surface area contributed by atoms with Crippen LogP contribution in [-0.4, -0.2) is 26.9 Å². The third-order valence-corrected chi connectivity index (χ3v) is 2.72. The van der Waals surface area contributed by atoms with Crippen molar-refractivity contribution >= 4 is 16.1 Å². The van der Waals surface area contributed by atoms with Crippen LogP contribution in [0.1, 0.15) is 13.8 Å². The van der Waals surface area contributed by atoms with E-state index in [0.717, 1.165) is 7.11 Å². The first-order chi connectivity index (χ1) is 4.90. The first kappa shape index (κ1) is 10.2. The van der Waals surface area contributed by atoms with Gasteiger partial charge in [-0.05, 0) is 13.8 Å². The van der Waals surface area contributed by atoms with E-state index in [1.807, 2.05) is 0 Å². The Morgan fingerprint density at radius 3 is 2.18 bits per heavy atom. The lowest BCUT2D eigenvalue weighted by Gasteiger charge is -2.07. The van der Waals surface area contributed by atoms with Gasteiger partial charge in [-0.1, -0.05) is 0 Å². The zero-order chi connectivity index (χ0) is 9.07. The topological polar surface area (TPSA) is 72.5 Å². The van der Waals surface area contributed by atoms with Crippen LogP contribution >= 0.6 is 0 Å². The molecule has 0 aliphatic rings. The van der Waals surface area contributed by atoms with Crippen molar-refractivity contribution in [2.24, 2.45) is 0 Å². The summed E-state index contributed by atoms with van der Waals surface area (Å²) >= 11 is 0. The van der Waals surface area contributed by atoms with E-state index in [1.165, 1.54) is 13.8 Å². The number of ether oxygens (including phenoxy) is 1. The Kier molecular flexibility index (Phi) is 3.31. The number of nitrogens with one attached hydrogen (secondary N) is 1. The first-order valence-corrected chi connectivity index (χ1v) is 4.54. The average molecular weight is 181 g/mol. The second-order valence-corrected chi connectivity index (χ2v) is 4.42. The molecular formula is C5H11NO4S. The quantitative estimate of drug-likeness (QED) is 0.654. The normalized spacial score (nSPS) is 11.3. The van der Waals surface area contributed by atoms with Gasteiger partial charge in [0.25, 0.3) is 0 Å². The zero-order valence-electron chi connectivity index (χ0n) is 6.62. The summed E-state index contributed by atoms with van der Waals surface area (Å²) in [5.41, 5.74) is 0. The van der Waals surface area contributed by atoms with E-state index >= 15 is 0 Å². The summed E-state index contributed by atoms with van der Waals surface area (Å²) in [7, 11) is -2.43. The molecule has 1 amide bonds. The smallest absolute Gasteiger partial charge is 0.420 e. The summed E-state index contributed by atoms with van der Waals surface area (Å²) in [4.78, 5) is 10.4. The average Bonchev–Trinajstić information content (AvgIpc) is 1.86. The molecule has 0 heterocycles. The molecule has 0 rings (SSSR count). The van der Waals surface area contributed by atoms with Crippen molar-refractivity contribution < 1.29 is 17.9 Å². The van der Waals surface area contributed by atoms with Gasteiger partial charge in [-0.25, -0.2) is 17.9 Å². The monoisotopic (exact) mass is 181 g/mol. The summed E-state index contributed by atoms with van der Waals surface area (Å²) in [6.07, 6.45) is -0.960. The lowest BCUT2D eigenvalue weighted by Crippen LogP contribution is -2.35. The van der Waals surface area contributed by atoms with E-state index < -0.39 is 21.4 Å². The molecule has 0 aliphatic heterocycles. The standard InChI is InChI=1S/C5H11NO4S/c1-4(2)11(8,9)6-5(7)10-3/h4H,1-3H3,(H,6,7). The SMILES string of the molecule is COC(=O)NS(=O)(=O)C(C)C. The maximum atomic E-state index is 10.9. The van der Waals surface area contributed by atoms with Crippen LogP contribution < -0.4 is 4.72 Å². The predicted molar refractivity (Wildman–Crippen MR) is 39.6 cm³/mol. The van der Waals surface area contributed by atoms with E-state index in [-0.39, 0.29) is 0 Å². The molecule has 0 saturated heterocycles. The fraction of sp³-hybridized carbons (Fsp3) is 0.800. The third-order valence-electron chi connectivity index (χ3n) is 1.03. The van der Waals surface area contributed by atoms with Crippen LogP contribution in [0.2, 0.25) is 0 Å². The number of sulfonamides is 1. The lowest BCUT2D eigenvalue weighted by molar-refractivity contribution is 0.177. The molecule has 0 fully saturated rings. The molecule has 11 heavy (non-hydrogen) atoms. The number of hydrogen-bond donors (Lipinski definition) is 1. The van der Waals surface area contributed by atoms with Crippen molar-refractivity contribution in [3.63, 3.8) is 0 Å². The van der Waals surface area contributed by atoms with E-state index in [9.17, 15) is 13.2 Å². The predicted octanol–water partition coefficient (Wildman–Crippen LogP) is 0.0806. The molecule has 66 valence electrons. The highest BCUT2D eigenvalue weighted by atomic mass is 32.2. The van der Waals surface area contributed by atoms with Gasteiger partial charge in [0.05, 0.1) is 12.4 Å². The van der Waals surface area contributed by atoms with E-state index in [1.54, 1.807) is 4.72 Å². The third kappa shape index (κ3) is 3.22. The second-order valence-electron chi connectivity index (χ2n) is 2.19. The fourth-order valence-corrected chi connectivity index (χ4v) is 0.827. The molecule has 0 bridgehead atoms. The van der Waals surface area contributed by atoms with Crippen molar-refractivity contribution in [3.8, 4) is 0 Å². The Balaban J connectivity index is 4.27. The van der Waals surface area contributed by atoms with Gasteiger partial charge in [-0.15, -0.1) is 0 Å². The highest BCUT2D eigenvalue weighted by Gasteiger charge is 2.18. The van der Waals surface area contributed by atoms with Crippen LogP contribution in [0.3, 0.4) is 0 Å². The van der Waals surface area contributed by atoms with E-state index in [0.29, 0.717) is 0 Å². The van der Waals surface area contributed by atoms with Crippen LogP contribution in [0.4, 0.5) is 4.79 Å². The van der Waals surface area contributed by atoms with Gasteiger partial charge in [0.1, 0.15) is 0 Å². The highest BCUT2D eigenvalue weighted by molar-refractivity contribution is 7.90. The Hall–Kier alpha value is -0.780. The van der Waals surface area contributed by atoms with Crippen LogP contribution in [0.25, 0.3) is 0 Å². The van der Waals surface area contributed by atoms with E-state index in [2.05, 4.69) is 4.74 Å². The molecule has 0 spiro atoms. The molecule has 0 atom stereocenters. The number of methoxy groups -OCH3 is 1. The molecule has 0 aromatic rings. The lowest BCUT2D eigenvalue weighted by atomic mass is 10.6. The summed E-state index contributed by atoms with van der Waals surface area (Å²) in [5, 5.41) is -0.637. The van der Waals surface area contributed by atoms with Gasteiger partial charge >= 0.3 is 6.09 Å². The number of rotatable bonds is 2. The second kappa shape index (κ2) is 3.56. The van der Waals surface area contributed by atoms with Crippen molar-refractivity contribution in [1.29, 1.82) is 0 Å². The summed E-state index contributed by atoms with van der Waals surface area (Å²) < 4.78 is 27.6. The fourth-order valence-electron chi connectivity index (χ4n) is 0.276. The number of carbonyl (C=O) groups excluding carboxylic acids is 1. The van der Waals surface area contributed by atoms with Crippen LogP contribution in [-0.2, 0) is 14.8 Å². The Labute approximate surface area is 65.8 Å². The van der Waals surface area contributed by atoms with Crippen molar-refractivity contribution in [2.75, 3.05) is 7.11 Å². The molecule has 0 saturated carbocycles. The number of carbonyl (C=O) groups is 1. The summed E-state index contributed by atoms with van der Waals surface area (Å²) in [5.74, 6) is 0. The minimum absolute atomic E-state index is 0.637. The molecule has 5 nitrogen and oxygen atoms in total. The molecule has 0 radical (unpaired) electrons. The maximum absolute atomic E-state index is 10.9. The molecule has 0 unspecified atom stereocenters. The first-order valence-electron chi connectivity index (χ1n) is 2.99. The Morgan fingerprint density at radius 1 is 1.45 bits per heavy atom. The molecule has 1 N–H and O–H groups in total. The molecule has 0 aliphatic carbocycles. The number of amides is 1. The highest BCUT2D eigenvalue weighted by Crippen LogP contribution is 1.95. The van der Waals surface area contributed by atoms with Crippen molar-refractivity contribution in [1.82, 2.24) is 4.72 Å². The van der Waals surface area contributed by atoms with Crippen molar-refractivity contribution in [3.05, 3.63) is 0 Å². The van der Waals surface area contributed by atoms with E-state index in [4.69, 9.17) is 0 Å². The van der Waals surface area contributed by atoms with Crippen LogP contribution in [0, 0.1) is 0 Å². The van der Waals surface area contributed by atoms with Crippen LogP contribution in [0.15, 0.2) is 0 Å². The molecule has 0 aromatic carbocycles. The Morgan fingerprint density at radius 2 is 1.91 bits per heavy atom. The van der Waals surface area contributed by atoms with Gasteiger partial charge in [-0.2, -0.15) is 0 Å². The van der Waals surface area contributed by atoms with Gasteiger partial charge in [-0.3, -0.25) is 0 Å². The molecule has 0 aromatic heterocycles. The zero-order valence-corrected chi connectivity index (χ0v) is 7.44. The van der Waals surface area contributed by atoms with Crippen molar-refractivity contribution in [2.45, 2.75) is 19.1 Å². The van der Waals surface area contributed by atoms with Gasteiger partial charge in [0.2, 0.25) is 10.0 Å². The Bertz CT molecular complexity index is 231. The van der Waals surface area contributed by atoms with Crippen LogP contribution in [0.5, 0.6) is 0 Å². The van der Waals surface area contributed by atoms with Gasteiger partial charge < -0.3 is 4.74 Å². The summed E-state index contributed by atoms with van der Waals surface area (Å²) in [6.45, 7) is 2.93. The van der Waals surface area contributed by atoms with Gasteiger partial charge in [0, 0.05) is 0 Å². The molecular weight excluding hydrogens is 170 g/mol. The number of hydrogen-bond acceptors (Lipinski definition) is 4. The minimum atomic E-state index is -3.53. The van der Waals surface area contributed by atoms with Gasteiger partial charge in [0.15, 0.2) is 0 Å². The largest absolute Gasteiger partial charge is 0.452 e. The molecule has 6 heteroatoms. The summed E-state index contributed by atoms with van der Waals surface area (Å²) in [6, 6.07) is 0.